The smallest absolute Gasteiger partial charge is 0.275 e. The molecule has 1 amide bonds. The lowest BCUT2D eigenvalue weighted by Gasteiger charge is -2.33. The van der Waals surface area contributed by atoms with Crippen molar-refractivity contribution in [2.24, 2.45) is 0 Å². The zero-order valence-corrected chi connectivity index (χ0v) is 15.6. The Morgan fingerprint density at radius 3 is 2.80 bits per heavy atom. The maximum Gasteiger partial charge on any atom is 0.275 e. The zero-order chi connectivity index (χ0) is 17.6. The maximum absolute atomic E-state index is 12.3. The zero-order valence-electron chi connectivity index (χ0n) is 14.8. The van der Waals surface area contributed by atoms with Crippen molar-refractivity contribution >= 4 is 22.9 Å². The second-order valence-electron chi connectivity index (χ2n) is 6.42. The van der Waals surface area contributed by atoms with Crippen molar-refractivity contribution < 1.29 is 14.4 Å². The van der Waals surface area contributed by atoms with Gasteiger partial charge in [0.2, 0.25) is 0 Å². The molecule has 134 valence electrons. The molecule has 1 aliphatic rings. The monoisotopic (exact) mass is 360 g/mol. The molecule has 2 N–H and O–H groups in total. The Bertz CT molecular complexity index is 682. The fraction of sp³-hybridized carbons (Fsp3) is 0.421. The van der Waals surface area contributed by atoms with Crippen molar-refractivity contribution in [2.75, 3.05) is 44.7 Å². The Kier molecular flexibility index (Phi) is 5.94. The number of hydrogen-bond donors (Lipinski definition) is 2. The molecule has 1 aliphatic heterocycles. The minimum absolute atomic E-state index is 0.0879. The van der Waals surface area contributed by atoms with E-state index in [9.17, 15) is 4.79 Å². The highest BCUT2D eigenvalue weighted by molar-refractivity contribution is 7.10. The van der Waals surface area contributed by atoms with E-state index >= 15 is 0 Å². The summed E-state index contributed by atoms with van der Waals surface area (Å²) in [7, 11) is 1.69. The Balaban J connectivity index is 1.46. The van der Waals surface area contributed by atoms with E-state index in [1.165, 1.54) is 15.5 Å². The topological polar surface area (TPSA) is 46.0 Å². The summed E-state index contributed by atoms with van der Waals surface area (Å²) in [5.74, 6) is 1.01. The van der Waals surface area contributed by atoms with Gasteiger partial charge >= 0.3 is 0 Å². The van der Waals surface area contributed by atoms with Crippen LogP contribution in [0.25, 0.3) is 0 Å². The molecule has 0 saturated carbocycles. The molecule has 3 rings (SSSR count). The lowest BCUT2D eigenvalue weighted by Crippen LogP contribution is -3.15. The molecule has 2 aromatic rings. The van der Waals surface area contributed by atoms with Crippen LogP contribution in [0.15, 0.2) is 41.8 Å². The number of ether oxygens (including phenoxy) is 1. The number of methoxy groups -OCH3 is 1. The van der Waals surface area contributed by atoms with Crippen LogP contribution < -0.4 is 19.9 Å². The van der Waals surface area contributed by atoms with Crippen LogP contribution in [0, 0.1) is 0 Å². The summed E-state index contributed by atoms with van der Waals surface area (Å²) in [6.07, 6.45) is 0. The van der Waals surface area contributed by atoms with Crippen molar-refractivity contribution in [3.63, 3.8) is 0 Å². The number of amides is 1. The summed E-state index contributed by atoms with van der Waals surface area (Å²) in [4.78, 5) is 17.2. The average Bonchev–Trinajstić information content (AvgIpc) is 3.17. The van der Waals surface area contributed by atoms with Gasteiger partial charge in [0.1, 0.15) is 5.75 Å². The summed E-state index contributed by atoms with van der Waals surface area (Å²) >= 11 is 1.68. The van der Waals surface area contributed by atoms with Crippen molar-refractivity contribution in [2.45, 2.75) is 13.0 Å². The van der Waals surface area contributed by atoms with Crippen LogP contribution in [-0.4, -0.2) is 45.7 Å². The van der Waals surface area contributed by atoms with Gasteiger partial charge in [-0.2, -0.15) is 0 Å². The Hall–Kier alpha value is -2.05. The van der Waals surface area contributed by atoms with Crippen molar-refractivity contribution in [1.29, 1.82) is 0 Å². The fourth-order valence-corrected chi connectivity index (χ4v) is 3.93. The van der Waals surface area contributed by atoms with Gasteiger partial charge in [-0.3, -0.25) is 4.79 Å². The van der Waals surface area contributed by atoms with E-state index in [0.717, 1.165) is 31.9 Å². The number of carbonyl (C=O) groups is 1. The molecular weight excluding hydrogens is 334 g/mol. The Morgan fingerprint density at radius 1 is 1.32 bits per heavy atom. The quantitative estimate of drug-likeness (QED) is 0.817. The molecule has 1 fully saturated rings. The highest BCUT2D eigenvalue weighted by atomic mass is 32.1. The number of benzene rings is 1. The van der Waals surface area contributed by atoms with Crippen molar-refractivity contribution in [1.82, 2.24) is 5.32 Å². The van der Waals surface area contributed by atoms with E-state index in [-0.39, 0.29) is 11.9 Å². The number of rotatable bonds is 6. The molecule has 0 unspecified atom stereocenters. The SMILES string of the molecule is COc1cccc(N2CC[NH+](CC(=O)N[C@H](C)c3cccs3)CC2)c1. The van der Waals surface area contributed by atoms with Crippen molar-refractivity contribution in [3.05, 3.63) is 46.7 Å². The lowest BCUT2D eigenvalue weighted by molar-refractivity contribution is -0.892. The summed E-state index contributed by atoms with van der Waals surface area (Å²) in [5.41, 5.74) is 1.19. The van der Waals surface area contributed by atoms with Gasteiger partial charge in [0.25, 0.3) is 5.91 Å². The van der Waals surface area contributed by atoms with Gasteiger partial charge in [-0.1, -0.05) is 12.1 Å². The number of thiophene rings is 1. The molecule has 0 spiro atoms. The van der Waals surface area contributed by atoms with Crippen LogP contribution in [0.3, 0.4) is 0 Å². The molecule has 0 aliphatic carbocycles. The number of anilines is 1. The average molecular weight is 361 g/mol. The summed E-state index contributed by atoms with van der Waals surface area (Å²) in [6.45, 7) is 6.43. The molecule has 6 heteroatoms. The van der Waals surface area contributed by atoms with Gasteiger partial charge in [-0.25, -0.2) is 0 Å². The molecule has 5 nitrogen and oxygen atoms in total. The number of carbonyl (C=O) groups excluding carboxylic acids is 1. The lowest BCUT2D eigenvalue weighted by atomic mass is 10.2. The first-order chi connectivity index (χ1) is 12.2. The fourth-order valence-electron chi connectivity index (χ4n) is 3.19. The second kappa shape index (κ2) is 8.36. The van der Waals surface area contributed by atoms with Gasteiger partial charge in [-0.15, -0.1) is 11.3 Å². The van der Waals surface area contributed by atoms with Gasteiger partial charge in [0.05, 0.1) is 39.3 Å². The van der Waals surface area contributed by atoms with E-state index in [4.69, 9.17) is 4.74 Å². The number of quaternary nitrogens is 1. The molecule has 1 atom stereocenters. The number of nitrogens with zero attached hydrogens (tertiary/aromatic N) is 1. The van der Waals surface area contributed by atoms with Gasteiger partial charge in [0, 0.05) is 16.6 Å². The van der Waals surface area contributed by atoms with Crippen molar-refractivity contribution in [3.8, 4) is 5.75 Å². The first kappa shape index (κ1) is 17.8. The highest BCUT2D eigenvalue weighted by Gasteiger charge is 2.23. The van der Waals surface area contributed by atoms with Crippen LogP contribution >= 0.6 is 11.3 Å². The van der Waals surface area contributed by atoms with E-state index in [1.54, 1.807) is 18.4 Å². The number of nitrogens with one attached hydrogen (secondary N) is 2. The third-order valence-electron chi connectivity index (χ3n) is 4.65. The molecule has 1 saturated heterocycles. The summed E-state index contributed by atoms with van der Waals surface area (Å²) < 4.78 is 5.30. The standard InChI is InChI=1S/C19H25N3O2S/c1-15(18-7-4-12-25-18)20-19(23)14-21-8-10-22(11-9-21)16-5-3-6-17(13-16)24-2/h3-7,12-13,15H,8-11,14H2,1-2H3,(H,20,23)/p+1/t15-/m1/s1. The Morgan fingerprint density at radius 2 is 2.12 bits per heavy atom. The largest absolute Gasteiger partial charge is 0.497 e. The van der Waals surface area contributed by atoms with E-state index in [0.29, 0.717) is 6.54 Å². The van der Waals surface area contributed by atoms with Gasteiger partial charge < -0.3 is 19.9 Å². The maximum atomic E-state index is 12.3. The predicted octanol–water partition coefficient (Wildman–Crippen LogP) is 1.34. The van der Waals surface area contributed by atoms with Gasteiger partial charge in [-0.05, 0) is 30.5 Å². The minimum Gasteiger partial charge on any atom is -0.497 e. The Labute approximate surface area is 153 Å². The molecule has 2 heterocycles. The third kappa shape index (κ3) is 4.74. The summed E-state index contributed by atoms with van der Waals surface area (Å²) in [5, 5.41) is 5.15. The first-order valence-corrected chi connectivity index (χ1v) is 9.59. The van der Waals surface area contributed by atoms with Crippen LogP contribution in [0.5, 0.6) is 5.75 Å². The molecule has 0 radical (unpaired) electrons. The number of hydrogen-bond acceptors (Lipinski definition) is 4. The minimum atomic E-state index is 0.0879. The summed E-state index contributed by atoms with van der Waals surface area (Å²) in [6, 6.07) is 12.3. The van der Waals surface area contributed by atoms with Crippen LogP contribution in [0.4, 0.5) is 5.69 Å². The third-order valence-corrected chi connectivity index (χ3v) is 5.70. The molecule has 0 bridgehead atoms. The molecule has 1 aromatic carbocycles. The molecular formula is C19H26N3O2S+. The highest BCUT2D eigenvalue weighted by Crippen LogP contribution is 2.20. The molecule has 1 aromatic heterocycles. The molecule has 25 heavy (non-hydrogen) atoms. The normalized spacial score (nSPS) is 16.5. The van der Waals surface area contributed by atoms with Gasteiger partial charge in [0.15, 0.2) is 6.54 Å². The van der Waals surface area contributed by atoms with Crippen LogP contribution in [0.1, 0.15) is 17.8 Å². The predicted molar refractivity (Wildman–Crippen MR) is 102 cm³/mol. The van der Waals surface area contributed by atoms with Crippen LogP contribution in [-0.2, 0) is 4.79 Å². The van der Waals surface area contributed by atoms with Crippen LogP contribution in [0.2, 0.25) is 0 Å². The van der Waals surface area contributed by atoms with E-state index in [2.05, 4.69) is 28.4 Å². The van der Waals surface area contributed by atoms with E-state index in [1.807, 2.05) is 30.5 Å². The van der Waals surface area contributed by atoms with E-state index < -0.39 is 0 Å². The second-order valence-corrected chi connectivity index (χ2v) is 7.40. The first-order valence-electron chi connectivity index (χ1n) is 8.71. The number of piperazine rings is 1.